The van der Waals surface area contributed by atoms with E-state index in [1.165, 1.54) is 44.6 Å². The fourth-order valence-corrected chi connectivity index (χ4v) is 4.74. The summed E-state index contributed by atoms with van der Waals surface area (Å²) in [5, 5.41) is 10.0. The van der Waals surface area contributed by atoms with Crippen LogP contribution in [0, 0.1) is 0 Å². The van der Waals surface area contributed by atoms with Gasteiger partial charge in [-0.2, -0.15) is 0 Å². The van der Waals surface area contributed by atoms with Crippen LogP contribution in [0.25, 0.3) is 5.70 Å². The number of hydrogen-bond acceptors (Lipinski definition) is 7. The first kappa shape index (κ1) is 34.4. The number of carbonyl (C=O) groups is 1. The van der Waals surface area contributed by atoms with E-state index in [0.717, 1.165) is 43.6 Å². The van der Waals surface area contributed by atoms with Gasteiger partial charge in [0.1, 0.15) is 11.6 Å². The number of aromatic hydroxyl groups is 1. The Morgan fingerprint density at radius 2 is 1.50 bits per heavy atom. The maximum Gasteiger partial charge on any atom is 0.222 e. The van der Waals surface area contributed by atoms with Crippen molar-refractivity contribution in [3.63, 3.8) is 0 Å². The Bertz CT molecular complexity index is 1130. The van der Waals surface area contributed by atoms with Crippen LogP contribution in [0.4, 0.5) is 5.69 Å². The number of para-hydroxylation sites is 1. The summed E-state index contributed by atoms with van der Waals surface area (Å²) in [6.45, 7) is 4.24. The Morgan fingerprint density at radius 3 is 2.14 bits per heavy atom. The molecule has 0 fully saturated rings. The third-order valence-electron chi connectivity index (χ3n) is 7.47. The number of amides is 1. The molecule has 2 aromatic rings. The third kappa shape index (κ3) is 12.8. The molecule has 0 radical (unpaired) electrons. The molecule has 0 unspecified atom stereocenters. The molecule has 1 amide bonds. The lowest BCUT2D eigenvalue weighted by Crippen LogP contribution is -2.30. The van der Waals surface area contributed by atoms with Crippen molar-refractivity contribution in [2.24, 2.45) is 17.2 Å². The minimum Gasteiger partial charge on any atom is -0.507 e. The maximum atomic E-state index is 12.5. The third-order valence-corrected chi connectivity index (χ3v) is 7.47. The van der Waals surface area contributed by atoms with Gasteiger partial charge in [0.2, 0.25) is 5.91 Å². The zero-order chi connectivity index (χ0) is 30.7. The molecular formula is C34H53N5O3. The van der Waals surface area contributed by atoms with E-state index in [1.54, 1.807) is 24.3 Å². The summed E-state index contributed by atoms with van der Waals surface area (Å²) in [5.41, 5.74) is 20.8. The van der Waals surface area contributed by atoms with Crippen molar-refractivity contribution < 1.29 is 14.6 Å². The number of unbranched alkanes of at least 4 members (excludes halogenated alkanes) is 7. The fraction of sp³-hybridized carbons (Fsp3) is 0.500. The highest BCUT2D eigenvalue weighted by molar-refractivity contribution is 5.75. The van der Waals surface area contributed by atoms with E-state index in [-0.39, 0.29) is 23.2 Å². The summed E-state index contributed by atoms with van der Waals surface area (Å²) in [5.74, 6) is 0.612. The summed E-state index contributed by atoms with van der Waals surface area (Å²) in [4.78, 5) is 16.5. The van der Waals surface area contributed by atoms with Crippen molar-refractivity contribution >= 4 is 17.3 Å². The second-order valence-corrected chi connectivity index (χ2v) is 11.0. The van der Waals surface area contributed by atoms with Crippen LogP contribution < -0.4 is 22.1 Å². The molecule has 0 aliphatic heterocycles. The molecule has 232 valence electrons. The number of phenolic OH excluding ortho intramolecular Hbond substituents is 1. The van der Waals surface area contributed by atoms with Gasteiger partial charge in [-0.25, -0.2) is 0 Å². The van der Waals surface area contributed by atoms with E-state index in [9.17, 15) is 9.90 Å². The average Bonchev–Trinajstić information content (AvgIpc) is 2.98. The lowest BCUT2D eigenvalue weighted by Gasteiger charge is -2.22. The Balaban J connectivity index is 1.70. The average molecular weight is 580 g/mol. The zero-order valence-electron chi connectivity index (χ0n) is 26.0. The number of rotatable bonds is 20. The number of nitrogens with zero attached hydrogens (tertiary/aromatic N) is 2. The van der Waals surface area contributed by atoms with Gasteiger partial charge in [0.25, 0.3) is 0 Å². The number of allylic oxidation sites excluding steroid dienone is 1. The number of carbonyl (C=O) groups excluding carboxylic acids is 1. The number of phenols is 1. The molecule has 0 heterocycles. The number of benzene rings is 2. The monoisotopic (exact) mass is 579 g/mol. The van der Waals surface area contributed by atoms with Crippen LogP contribution in [0.3, 0.4) is 0 Å². The van der Waals surface area contributed by atoms with Crippen LogP contribution in [0.5, 0.6) is 5.75 Å². The predicted octanol–water partition coefficient (Wildman–Crippen LogP) is 5.85. The van der Waals surface area contributed by atoms with Gasteiger partial charge in [-0.15, -0.1) is 0 Å². The highest BCUT2D eigenvalue weighted by atomic mass is 16.5. The van der Waals surface area contributed by atoms with Crippen molar-refractivity contribution in [3.05, 3.63) is 77.3 Å². The van der Waals surface area contributed by atoms with E-state index >= 15 is 0 Å². The molecule has 7 N–H and O–H groups in total. The summed E-state index contributed by atoms with van der Waals surface area (Å²) in [6.07, 6.45) is 13.7. The molecule has 0 aliphatic rings. The predicted molar refractivity (Wildman–Crippen MR) is 175 cm³/mol. The molecule has 0 aliphatic carbocycles. The van der Waals surface area contributed by atoms with Gasteiger partial charge in [-0.1, -0.05) is 76.1 Å². The molecule has 0 saturated carbocycles. The van der Waals surface area contributed by atoms with Crippen LogP contribution in [-0.4, -0.2) is 49.7 Å². The second-order valence-electron chi connectivity index (χ2n) is 11.0. The summed E-state index contributed by atoms with van der Waals surface area (Å²) >= 11 is 0. The van der Waals surface area contributed by atoms with Crippen LogP contribution in [0.1, 0.15) is 82.3 Å². The molecule has 0 bridgehead atoms. The SMILES string of the molecule is CCCCCCCCCCC(=O)N(C)CCCN(C)c1ccc(CCOC(/C=C(\N)c2ccccc2O)=C(N)N)cc1. The molecule has 42 heavy (non-hydrogen) atoms. The van der Waals surface area contributed by atoms with Gasteiger partial charge >= 0.3 is 0 Å². The Labute approximate surface area is 253 Å². The molecule has 2 rings (SSSR count). The van der Waals surface area contributed by atoms with Crippen LogP contribution in [0.15, 0.2) is 66.2 Å². The van der Waals surface area contributed by atoms with Gasteiger partial charge < -0.3 is 36.8 Å². The van der Waals surface area contributed by atoms with E-state index < -0.39 is 0 Å². The van der Waals surface area contributed by atoms with Crippen molar-refractivity contribution in [2.45, 2.75) is 77.6 Å². The molecule has 8 nitrogen and oxygen atoms in total. The van der Waals surface area contributed by atoms with Crippen molar-refractivity contribution in [1.82, 2.24) is 4.90 Å². The first-order valence-corrected chi connectivity index (χ1v) is 15.4. The lowest BCUT2D eigenvalue weighted by molar-refractivity contribution is -0.130. The number of nitrogens with two attached hydrogens (primary N) is 3. The van der Waals surface area contributed by atoms with Gasteiger partial charge in [0.05, 0.1) is 6.61 Å². The topological polar surface area (TPSA) is 131 Å². The second kappa shape index (κ2) is 19.3. The van der Waals surface area contributed by atoms with E-state index in [2.05, 4.69) is 43.1 Å². The number of ether oxygens (including phenoxy) is 1. The van der Waals surface area contributed by atoms with Crippen molar-refractivity contribution in [3.8, 4) is 5.75 Å². The molecule has 0 spiro atoms. The molecule has 0 aromatic heterocycles. The summed E-state index contributed by atoms with van der Waals surface area (Å²) in [6, 6.07) is 15.1. The standard InChI is InChI=1S/C34H53N5O3/c1-4-5-6-7-8-9-10-11-17-33(41)39(3)24-14-23-38(2)28-20-18-27(19-21-28)22-25-42-32(34(36)37)26-30(35)29-15-12-13-16-31(29)40/h12-13,15-16,18-21,26,40H,4-11,14,17,22-25,35-37H2,1-3H3/b30-26-. The molecule has 8 heteroatoms. The molecular weight excluding hydrogens is 526 g/mol. The fourth-order valence-electron chi connectivity index (χ4n) is 4.74. The highest BCUT2D eigenvalue weighted by Gasteiger charge is 2.10. The molecule has 2 aromatic carbocycles. The quantitative estimate of drug-likeness (QED) is 0.0879. The van der Waals surface area contributed by atoms with E-state index in [1.807, 2.05) is 11.9 Å². The van der Waals surface area contributed by atoms with Crippen LogP contribution in [0.2, 0.25) is 0 Å². The lowest BCUT2D eigenvalue weighted by atomic mass is 10.1. The van der Waals surface area contributed by atoms with Gasteiger partial charge in [0, 0.05) is 63.1 Å². The van der Waals surface area contributed by atoms with Gasteiger partial charge in [-0.05, 0) is 42.7 Å². The first-order valence-electron chi connectivity index (χ1n) is 15.4. The minimum absolute atomic E-state index is 0.0193. The summed E-state index contributed by atoms with van der Waals surface area (Å²) < 4.78 is 5.82. The Hall–Kier alpha value is -3.81. The molecule has 0 saturated heterocycles. The number of anilines is 1. The zero-order valence-corrected chi connectivity index (χ0v) is 26.0. The minimum atomic E-state index is 0.0193. The van der Waals surface area contributed by atoms with Crippen LogP contribution >= 0.6 is 0 Å². The molecule has 0 atom stereocenters. The van der Waals surface area contributed by atoms with E-state index in [0.29, 0.717) is 30.7 Å². The number of hydrogen-bond donors (Lipinski definition) is 4. The Morgan fingerprint density at radius 1 is 0.857 bits per heavy atom. The van der Waals surface area contributed by atoms with Gasteiger partial charge in [0.15, 0.2) is 5.76 Å². The van der Waals surface area contributed by atoms with Crippen molar-refractivity contribution in [2.75, 3.05) is 38.7 Å². The van der Waals surface area contributed by atoms with Crippen LogP contribution in [-0.2, 0) is 16.0 Å². The van der Waals surface area contributed by atoms with Gasteiger partial charge in [-0.3, -0.25) is 4.79 Å². The van der Waals surface area contributed by atoms with Crippen molar-refractivity contribution in [1.29, 1.82) is 0 Å². The Kier molecular flexibility index (Phi) is 15.8. The highest BCUT2D eigenvalue weighted by Crippen LogP contribution is 2.23. The summed E-state index contributed by atoms with van der Waals surface area (Å²) in [7, 11) is 3.99. The first-order chi connectivity index (χ1) is 20.2. The maximum absolute atomic E-state index is 12.5. The smallest absolute Gasteiger partial charge is 0.222 e. The largest absolute Gasteiger partial charge is 0.507 e. The normalized spacial score (nSPS) is 11.3. The van der Waals surface area contributed by atoms with E-state index in [4.69, 9.17) is 21.9 Å².